The van der Waals surface area contributed by atoms with E-state index < -0.39 is 41.5 Å². The highest BCUT2D eigenvalue weighted by Gasteiger charge is 2.76. The zero-order valence-electron chi connectivity index (χ0n) is 11.8. The number of carbonyl (C=O) groups is 1. The van der Waals surface area contributed by atoms with E-state index in [4.69, 9.17) is 0 Å². The Hall–Kier alpha value is -0.790. The van der Waals surface area contributed by atoms with Gasteiger partial charge in [-0.2, -0.15) is 26.3 Å². The van der Waals surface area contributed by atoms with Gasteiger partial charge in [0.15, 0.2) is 0 Å². The summed E-state index contributed by atoms with van der Waals surface area (Å²) in [7, 11) is 0. The van der Waals surface area contributed by atoms with Gasteiger partial charge in [-0.05, 0) is 24.7 Å². The smallest absolute Gasteiger partial charge is 0.373 e. The van der Waals surface area contributed by atoms with Gasteiger partial charge >= 0.3 is 12.4 Å². The largest absolute Gasteiger partial charge is 0.427 e. The summed E-state index contributed by atoms with van der Waals surface area (Å²) >= 11 is 0. The van der Waals surface area contributed by atoms with E-state index in [-0.39, 0.29) is 18.8 Å². The Morgan fingerprint density at radius 1 is 1.05 bits per heavy atom. The van der Waals surface area contributed by atoms with Crippen LogP contribution in [-0.2, 0) is 4.79 Å². The fraction of sp³-hybridized carbons (Fsp3) is 0.923. The molecular weight excluding hydrogens is 302 g/mol. The molecule has 3 unspecified atom stereocenters. The number of hydrogen-bond acceptors (Lipinski definition) is 2. The van der Waals surface area contributed by atoms with Gasteiger partial charge in [-0.3, -0.25) is 4.79 Å². The molecule has 3 atom stereocenters. The van der Waals surface area contributed by atoms with Gasteiger partial charge < -0.3 is 5.11 Å². The van der Waals surface area contributed by atoms with Crippen molar-refractivity contribution in [1.29, 1.82) is 0 Å². The molecule has 0 aliphatic heterocycles. The molecule has 1 N–H and O–H groups in total. The number of alkyl halides is 6. The lowest BCUT2D eigenvalue weighted by Crippen LogP contribution is -2.66. The first-order valence-corrected chi connectivity index (χ1v) is 6.64. The summed E-state index contributed by atoms with van der Waals surface area (Å²) in [5.41, 5.74) is -5.00. The predicted octanol–water partition coefficient (Wildman–Crippen LogP) is 3.73. The summed E-state index contributed by atoms with van der Waals surface area (Å²) in [5, 5.41) is 9.48. The van der Waals surface area contributed by atoms with Crippen molar-refractivity contribution >= 4 is 5.78 Å². The van der Waals surface area contributed by atoms with Crippen molar-refractivity contribution < 1.29 is 36.2 Å². The Balaban J connectivity index is 3.38. The van der Waals surface area contributed by atoms with Crippen LogP contribution >= 0.6 is 0 Å². The maximum atomic E-state index is 12.9. The minimum atomic E-state index is -5.96. The Labute approximate surface area is 118 Å². The molecule has 0 amide bonds. The monoisotopic (exact) mass is 320 g/mol. The molecule has 1 aliphatic carbocycles. The number of halogens is 6. The number of aliphatic hydroxyl groups is 1. The first-order chi connectivity index (χ1) is 9.25. The second kappa shape index (κ2) is 5.44. The number of carbonyl (C=O) groups excluding carboxylic acids is 1. The Morgan fingerprint density at radius 2 is 1.48 bits per heavy atom. The zero-order valence-corrected chi connectivity index (χ0v) is 11.8. The fourth-order valence-corrected chi connectivity index (χ4v) is 3.06. The SMILES string of the molecule is CC(C)C1CCC(C)C(C(O)(C(F)(F)F)C(F)(F)F)C1=O. The molecule has 0 aromatic rings. The molecule has 2 nitrogen and oxygen atoms in total. The standard InChI is InChI=1S/C13H18F6O2/c1-6(2)8-5-4-7(3)9(10(8)20)11(21,12(14,15)16)13(17,18)19/h6-9,21H,4-5H2,1-3H3. The molecule has 1 rings (SSSR count). The predicted molar refractivity (Wildman–Crippen MR) is 62.3 cm³/mol. The van der Waals surface area contributed by atoms with E-state index in [0.717, 1.165) is 6.92 Å². The van der Waals surface area contributed by atoms with Crippen LogP contribution in [0.3, 0.4) is 0 Å². The van der Waals surface area contributed by atoms with Crippen molar-refractivity contribution in [2.75, 3.05) is 0 Å². The highest BCUT2D eigenvalue weighted by atomic mass is 19.4. The number of rotatable bonds is 2. The number of Topliss-reactive ketones (excluding diaryl/α,β-unsaturated/α-hetero) is 1. The van der Waals surface area contributed by atoms with Crippen LogP contribution in [0.15, 0.2) is 0 Å². The fourth-order valence-electron chi connectivity index (χ4n) is 3.06. The zero-order chi connectivity index (χ0) is 16.8. The number of hydrogen-bond donors (Lipinski definition) is 1. The van der Waals surface area contributed by atoms with Gasteiger partial charge in [0.25, 0.3) is 5.60 Å². The van der Waals surface area contributed by atoms with Crippen LogP contribution < -0.4 is 0 Å². The highest BCUT2D eigenvalue weighted by molar-refractivity contribution is 5.86. The third-order valence-electron chi connectivity index (χ3n) is 4.29. The van der Waals surface area contributed by atoms with Crippen molar-refractivity contribution in [3.8, 4) is 0 Å². The molecule has 0 aromatic heterocycles. The normalized spacial score (nSPS) is 29.1. The highest BCUT2D eigenvalue weighted by Crippen LogP contribution is 2.53. The van der Waals surface area contributed by atoms with Gasteiger partial charge in [0.2, 0.25) is 0 Å². The first kappa shape index (κ1) is 18.3. The molecular formula is C13H18F6O2. The molecule has 1 saturated carbocycles. The summed E-state index contributed by atoms with van der Waals surface area (Å²) in [4.78, 5) is 12.2. The first-order valence-electron chi connectivity index (χ1n) is 6.64. The topological polar surface area (TPSA) is 37.3 Å². The Morgan fingerprint density at radius 3 is 1.81 bits per heavy atom. The van der Waals surface area contributed by atoms with Crippen LogP contribution in [0.25, 0.3) is 0 Å². The molecule has 21 heavy (non-hydrogen) atoms. The second-order valence-corrected chi connectivity index (χ2v) is 6.05. The van der Waals surface area contributed by atoms with Crippen molar-refractivity contribution in [2.45, 2.75) is 51.6 Å². The van der Waals surface area contributed by atoms with Crippen molar-refractivity contribution in [3.05, 3.63) is 0 Å². The summed E-state index contributed by atoms with van der Waals surface area (Å²) in [6, 6.07) is 0. The van der Waals surface area contributed by atoms with Crippen LogP contribution in [0.5, 0.6) is 0 Å². The quantitative estimate of drug-likeness (QED) is 0.787. The molecule has 1 fully saturated rings. The third kappa shape index (κ3) is 2.91. The van der Waals surface area contributed by atoms with Crippen LogP contribution in [0.2, 0.25) is 0 Å². The van der Waals surface area contributed by atoms with E-state index in [1.165, 1.54) is 0 Å². The molecule has 0 heterocycles. The van der Waals surface area contributed by atoms with E-state index in [2.05, 4.69) is 0 Å². The molecule has 0 aromatic carbocycles. The minimum absolute atomic E-state index is 0.0354. The van der Waals surface area contributed by atoms with Gasteiger partial charge in [0.1, 0.15) is 5.78 Å². The van der Waals surface area contributed by atoms with E-state index >= 15 is 0 Å². The van der Waals surface area contributed by atoms with E-state index in [1.807, 2.05) is 0 Å². The van der Waals surface area contributed by atoms with Crippen LogP contribution in [0.1, 0.15) is 33.6 Å². The Kier molecular flexibility index (Phi) is 4.73. The second-order valence-electron chi connectivity index (χ2n) is 6.05. The average Bonchev–Trinajstić information content (AvgIpc) is 2.24. The summed E-state index contributed by atoms with van der Waals surface area (Å²) in [5.74, 6) is -6.14. The van der Waals surface area contributed by atoms with Crippen LogP contribution in [0.4, 0.5) is 26.3 Å². The van der Waals surface area contributed by atoms with Gasteiger partial charge in [-0.1, -0.05) is 20.8 Å². The van der Waals surface area contributed by atoms with E-state index in [0.29, 0.717) is 0 Å². The maximum Gasteiger partial charge on any atom is 0.427 e. The lowest BCUT2D eigenvalue weighted by Gasteiger charge is -2.45. The average molecular weight is 320 g/mol. The molecule has 0 radical (unpaired) electrons. The van der Waals surface area contributed by atoms with Gasteiger partial charge in [-0.25, -0.2) is 0 Å². The summed E-state index contributed by atoms with van der Waals surface area (Å²) in [6.45, 7) is 4.27. The van der Waals surface area contributed by atoms with Crippen molar-refractivity contribution in [3.63, 3.8) is 0 Å². The molecule has 124 valence electrons. The molecule has 0 saturated heterocycles. The lowest BCUT2D eigenvalue weighted by atomic mass is 9.63. The minimum Gasteiger partial charge on any atom is -0.373 e. The molecule has 0 spiro atoms. The lowest BCUT2D eigenvalue weighted by molar-refractivity contribution is -0.385. The molecule has 1 aliphatic rings. The maximum absolute atomic E-state index is 12.9. The van der Waals surface area contributed by atoms with Gasteiger partial charge in [0, 0.05) is 5.92 Å². The molecule has 0 bridgehead atoms. The van der Waals surface area contributed by atoms with Crippen molar-refractivity contribution in [1.82, 2.24) is 0 Å². The van der Waals surface area contributed by atoms with E-state index in [9.17, 15) is 36.2 Å². The van der Waals surface area contributed by atoms with Gasteiger partial charge in [-0.15, -0.1) is 0 Å². The molecule has 8 heteroatoms. The third-order valence-corrected chi connectivity index (χ3v) is 4.29. The van der Waals surface area contributed by atoms with E-state index in [1.54, 1.807) is 13.8 Å². The van der Waals surface area contributed by atoms with Crippen molar-refractivity contribution in [2.24, 2.45) is 23.7 Å². The van der Waals surface area contributed by atoms with Crippen LogP contribution in [0, 0.1) is 23.7 Å². The Bertz CT molecular complexity index is 384. The van der Waals surface area contributed by atoms with Crippen LogP contribution in [-0.4, -0.2) is 28.8 Å². The summed E-state index contributed by atoms with van der Waals surface area (Å²) in [6.07, 6.45) is -11.6. The number of ketones is 1. The van der Waals surface area contributed by atoms with Gasteiger partial charge in [0.05, 0.1) is 5.92 Å². The summed E-state index contributed by atoms with van der Waals surface area (Å²) < 4.78 is 77.6.